The summed E-state index contributed by atoms with van der Waals surface area (Å²) in [6.07, 6.45) is 11.0. The lowest BCUT2D eigenvalue weighted by atomic mass is 9.81. The van der Waals surface area contributed by atoms with Crippen molar-refractivity contribution in [2.45, 2.75) is 81.4 Å². The molecule has 2 aromatic rings. The SMILES string of the molecule is COc1cc2c(cc1OC)C(CCN1CCC(O)(c3ccc(Cl)cc3)CC1)N(C1(C=O)CCCCCC1)CC2. The maximum atomic E-state index is 12.8. The second-order valence-corrected chi connectivity index (χ2v) is 12.1. The van der Waals surface area contributed by atoms with Gasteiger partial charge in [-0.3, -0.25) is 4.90 Å². The minimum Gasteiger partial charge on any atom is -0.493 e. The van der Waals surface area contributed by atoms with Gasteiger partial charge in [-0.1, -0.05) is 49.4 Å². The van der Waals surface area contributed by atoms with Gasteiger partial charge in [0.2, 0.25) is 0 Å². The lowest BCUT2D eigenvalue weighted by Gasteiger charge is -2.48. The number of carbonyl (C=O) groups is 1. The van der Waals surface area contributed by atoms with Gasteiger partial charge >= 0.3 is 0 Å². The normalized spacial score (nSPS) is 23.4. The van der Waals surface area contributed by atoms with Crippen LogP contribution in [0.2, 0.25) is 5.02 Å². The number of hydrogen-bond acceptors (Lipinski definition) is 6. The summed E-state index contributed by atoms with van der Waals surface area (Å²) in [6.45, 7) is 3.47. The first-order valence-electron chi connectivity index (χ1n) is 14.6. The van der Waals surface area contributed by atoms with Crippen LogP contribution in [0, 0.1) is 0 Å². The van der Waals surface area contributed by atoms with E-state index in [2.05, 4.69) is 21.9 Å². The third-order valence-corrected chi connectivity index (χ3v) is 9.80. The number of ether oxygens (including phenoxy) is 2. The van der Waals surface area contributed by atoms with E-state index in [1.54, 1.807) is 14.2 Å². The Bertz CT molecular complexity index is 1120. The quantitative estimate of drug-likeness (QED) is 0.323. The average molecular weight is 555 g/mol. The van der Waals surface area contributed by atoms with Crippen molar-refractivity contribution in [2.24, 2.45) is 0 Å². The molecule has 1 atom stereocenters. The standard InChI is InChI=1S/C32H43ClN2O4/c1-38-29-21-24-11-18-35(31(23-36)13-5-3-4-6-14-31)28(27(24)22-30(29)39-2)12-17-34-19-15-32(37,16-20-34)25-7-9-26(33)10-8-25/h7-10,21-23,28,37H,3-6,11-20H2,1-2H3. The Morgan fingerprint density at radius 3 is 2.21 bits per heavy atom. The monoisotopic (exact) mass is 554 g/mol. The zero-order chi connectivity index (χ0) is 27.5. The largest absolute Gasteiger partial charge is 0.493 e. The van der Waals surface area contributed by atoms with Crippen molar-refractivity contribution in [3.05, 3.63) is 58.1 Å². The van der Waals surface area contributed by atoms with E-state index in [0.717, 1.165) is 81.8 Å². The van der Waals surface area contributed by atoms with Crippen LogP contribution in [-0.2, 0) is 16.8 Å². The van der Waals surface area contributed by atoms with Crippen molar-refractivity contribution in [1.82, 2.24) is 9.80 Å². The van der Waals surface area contributed by atoms with Gasteiger partial charge < -0.3 is 24.3 Å². The summed E-state index contributed by atoms with van der Waals surface area (Å²) in [7, 11) is 3.37. The summed E-state index contributed by atoms with van der Waals surface area (Å²) >= 11 is 6.07. The van der Waals surface area contributed by atoms with Crippen LogP contribution in [0.5, 0.6) is 11.5 Å². The Morgan fingerprint density at radius 1 is 0.949 bits per heavy atom. The van der Waals surface area contributed by atoms with Gasteiger partial charge in [0.05, 0.1) is 25.4 Å². The summed E-state index contributed by atoms with van der Waals surface area (Å²) in [5, 5.41) is 12.1. The number of methoxy groups -OCH3 is 2. The molecule has 0 bridgehead atoms. The minimum absolute atomic E-state index is 0.133. The maximum absolute atomic E-state index is 12.8. The molecule has 0 spiro atoms. The fraction of sp³-hybridized carbons (Fsp3) is 0.594. The van der Waals surface area contributed by atoms with E-state index < -0.39 is 11.1 Å². The molecule has 5 rings (SSSR count). The number of fused-ring (bicyclic) bond motifs is 1. The van der Waals surface area contributed by atoms with E-state index in [1.807, 2.05) is 24.3 Å². The number of carbonyl (C=O) groups excluding carboxylic acids is 1. The Balaban J connectivity index is 1.37. The molecule has 2 heterocycles. The number of halogens is 1. The zero-order valence-electron chi connectivity index (χ0n) is 23.5. The second kappa shape index (κ2) is 12.2. The highest BCUT2D eigenvalue weighted by molar-refractivity contribution is 6.30. The number of aldehydes is 1. The van der Waals surface area contributed by atoms with Crippen molar-refractivity contribution in [3.8, 4) is 11.5 Å². The van der Waals surface area contributed by atoms with Crippen molar-refractivity contribution in [1.29, 1.82) is 0 Å². The molecule has 1 aliphatic carbocycles. The first kappa shape index (κ1) is 28.4. The molecule has 1 N–H and O–H groups in total. The molecular formula is C32H43ClN2O4. The van der Waals surface area contributed by atoms with Crippen LogP contribution in [0.1, 0.15) is 80.5 Å². The molecule has 2 aromatic carbocycles. The van der Waals surface area contributed by atoms with Gasteiger partial charge in [-0.05, 0) is 86.0 Å². The third-order valence-electron chi connectivity index (χ3n) is 9.55. The maximum Gasteiger partial charge on any atom is 0.161 e. The van der Waals surface area contributed by atoms with Gasteiger partial charge in [-0.2, -0.15) is 0 Å². The number of aliphatic hydroxyl groups is 1. The van der Waals surface area contributed by atoms with E-state index in [9.17, 15) is 9.90 Å². The molecule has 0 aromatic heterocycles. The molecule has 6 nitrogen and oxygen atoms in total. The smallest absolute Gasteiger partial charge is 0.161 e. The Hall–Kier alpha value is -2.12. The summed E-state index contributed by atoms with van der Waals surface area (Å²) in [4.78, 5) is 17.8. The molecule has 2 fully saturated rings. The number of likely N-dealkylation sites (tertiary alicyclic amines) is 1. The summed E-state index contributed by atoms with van der Waals surface area (Å²) in [5.74, 6) is 1.51. The predicted molar refractivity (Wildman–Crippen MR) is 155 cm³/mol. The molecule has 1 unspecified atom stereocenters. The van der Waals surface area contributed by atoms with Crippen molar-refractivity contribution in [2.75, 3.05) is 40.4 Å². The molecule has 0 amide bonds. The van der Waals surface area contributed by atoms with E-state index in [-0.39, 0.29) is 6.04 Å². The molecule has 1 saturated heterocycles. The topological polar surface area (TPSA) is 62.2 Å². The molecule has 3 aliphatic rings. The van der Waals surface area contributed by atoms with Gasteiger partial charge in [-0.15, -0.1) is 0 Å². The Kier molecular flexibility index (Phi) is 8.87. The highest BCUT2D eigenvalue weighted by atomic mass is 35.5. The van der Waals surface area contributed by atoms with Crippen LogP contribution in [0.15, 0.2) is 36.4 Å². The van der Waals surface area contributed by atoms with Gasteiger partial charge in [-0.25, -0.2) is 0 Å². The van der Waals surface area contributed by atoms with Gasteiger partial charge in [0.15, 0.2) is 11.5 Å². The molecule has 1 saturated carbocycles. The molecule has 212 valence electrons. The van der Waals surface area contributed by atoms with Crippen molar-refractivity contribution in [3.63, 3.8) is 0 Å². The van der Waals surface area contributed by atoms with E-state index in [4.69, 9.17) is 21.1 Å². The number of piperidine rings is 1. The van der Waals surface area contributed by atoms with E-state index >= 15 is 0 Å². The van der Waals surface area contributed by atoms with Crippen LogP contribution in [0.4, 0.5) is 0 Å². The Labute approximate surface area is 238 Å². The molecule has 2 aliphatic heterocycles. The predicted octanol–water partition coefficient (Wildman–Crippen LogP) is 5.92. The Morgan fingerprint density at radius 2 is 1.59 bits per heavy atom. The van der Waals surface area contributed by atoms with E-state index in [1.165, 1.54) is 30.3 Å². The molecule has 39 heavy (non-hydrogen) atoms. The van der Waals surface area contributed by atoms with Crippen LogP contribution in [-0.4, -0.2) is 67.1 Å². The van der Waals surface area contributed by atoms with Crippen LogP contribution in [0.25, 0.3) is 0 Å². The average Bonchev–Trinajstić information content (AvgIpc) is 3.22. The third kappa shape index (κ3) is 5.85. The van der Waals surface area contributed by atoms with Crippen molar-refractivity contribution < 1.29 is 19.4 Å². The molecule has 7 heteroatoms. The zero-order valence-corrected chi connectivity index (χ0v) is 24.2. The molecule has 0 radical (unpaired) electrons. The lowest BCUT2D eigenvalue weighted by molar-refractivity contribution is -0.122. The van der Waals surface area contributed by atoms with Crippen LogP contribution in [0.3, 0.4) is 0 Å². The van der Waals surface area contributed by atoms with Gasteiger partial charge in [0, 0.05) is 30.7 Å². The fourth-order valence-corrected chi connectivity index (χ4v) is 7.31. The van der Waals surface area contributed by atoms with Crippen molar-refractivity contribution >= 4 is 17.9 Å². The second-order valence-electron chi connectivity index (χ2n) is 11.7. The number of hydrogen-bond donors (Lipinski definition) is 1. The highest BCUT2D eigenvalue weighted by Gasteiger charge is 2.44. The van der Waals surface area contributed by atoms with Gasteiger partial charge in [0.1, 0.15) is 6.29 Å². The summed E-state index contributed by atoms with van der Waals surface area (Å²) < 4.78 is 11.3. The minimum atomic E-state index is -0.809. The first-order chi connectivity index (χ1) is 18.9. The van der Waals surface area contributed by atoms with Gasteiger partial charge in [0.25, 0.3) is 0 Å². The number of rotatable bonds is 8. The summed E-state index contributed by atoms with van der Waals surface area (Å²) in [5.41, 5.74) is 2.29. The fourth-order valence-electron chi connectivity index (χ4n) is 7.19. The summed E-state index contributed by atoms with van der Waals surface area (Å²) in [6, 6.07) is 12.0. The van der Waals surface area contributed by atoms with E-state index in [0.29, 0.717) is 17.9 Å². The highest BCUT2D eigenvalue weighted by Crippen LogP contribution is 2.45. The number of nitrogens with zero attached hydrogens (tertiary/aromatic N) is 2. The van der Waals surface area contributed by atoms with Crippen LogP contribution < -0.4 is 9.47 Å². The number of benzene rings is 2. The molecular weight excluding hydrogens is 512 g/mol. The lowest BCUT2D eigenvalue weighted by Crippen LogP contribution is -2.54. The first-order valence-corrected chi connectivity index (χ1v) is 15.0. The van der Waals surface area contributed by atoms with Crippen LogP contribution >= 0.6 is 11.6 Å².